The lowest BCUT2D eigenvalue weighted by Gasteiger charge is -2.23. The summed E-state index contributed by atoms with van der Waals surface area (Å²) >= 11 is 0. The number of non-ortho nitro benzene ring substituents is 1. The Morgan fingerprint density at radius 1 is 1.42 bits per heavy atom. The van der Waals surface area contributed by atoms with Crippen molar-refractivity contribution in [3.8, 4) is 0 Å². The highest BCUT2D eigenvalue weighted by Crippen LogP contribution is 2.36. The van der Waals surface area contributed by atoms with Gasteiger partial charge in [0.1, 0.15) is 12.2 Å². The number of aliphatic carboxylic acids is 1. The molecule has 0 saturated heterocycles. The third kappa shape index (κ3) is 2.78. The molecule has 0 radical (unpaired) electrons. The molecule has 0 bridgehead atoms. The lowest BCUT2D eigenvalue weighted by Crippen LogP contribution is -2.33. The predicted molar refractivity (Wildman–Crippen MR) is 61.0 cm³/mol. The maximum Gasteiger partial charge on any atom is 0.323 e. The Hall–Kier alpha value is -2.25. The van der Waals surface area contributed by atoms with Gasteiger partial charge in [0.25, 0.3) is 5.69 Å². The molecule has 1 aliphatic carbocycles. The van der Waals surface area contributed by atoms with E-state index in [9.17, 15) is 23.7 Å². The molecule has 1 fully saturated rings. The Labute approximate surface area is 106 Å². The number of rotatable bonds is 5. The van der Waals surface area contributed by atoms with E-state index in [4.69, 9.17) is 5.11 Å². The molecule has 1 saturated carbocycles. The summed E-state index contributed by atoms with van der Waals surface area (Å²) < 4.78 is 27.6. The third-order valence-electron chi connectivity index (χ3n) is 2.79. The molecule has 0 atom stereocenters. The highest BCUT2D eigenvalue weighted by Gasteiger charge is 2.34. The molecule has 1 aromatic carbocycles. The van der Waals surface area contributed by atoms with Crippen molar-refractivity contribution in [3.05, 3.63) is 33.9 Å². The molecule has 6 nitrogen and oxygen atoms in total. The number of carboxylic acid groups (broad SMARTS) is 1. The van der Waals surface area contributed by atoms with Gasteiger partial charge >= 0.3 is 5.97 Å². The molecule has 1 aromatic rings. The quantitative estimate of drug-likeness (QED) is 0.654. The first-order valence-electron chi connectivity index (χ1n) is 5.52. The summed E-state index contributed by atoms with van der Waals surface area (Å²) in [6, 6.07) is 0.951. The van der Waals surface area contributed by atoms with Gasteiger partial charge in [-0.2, -0.15) is 0 Å². The van der Waals surface area contributed by atoms with E-state index in [1.807, 2.05) is 0 Å². The molecule has 0 amide bonds. The molecular weight excluding hydrogens is 262 g/mol. The van der Waals surface area contributed by atoms with Crippen molar-refractivity contribution in [1.29, 1.82) is 0 Å². The van der Waals surface area contributed by atoms with Gasteiger partial charge in [-0.05, 0) is 12.8 Å². The van der Waals surface area contributed by atoms with E-state index in [1.165, 1.54) is 0 Å². The standard InChI is InChI=1S/C11H10F2N2O4/c12-8-3-7(15(18)19)4-9(13)11(8)14(5-10(16)17)6-1-2-6/h3-4,6H,1-2,5H2,(H,16,17). The maximum atomic E-state index is 13.8. The van der Waals surface area contributed by atoms with Crippen molar-refractivity contribution in [3.63, 3.8) is 0 Å². The number of hydrogen-bond acceptors (Lipinski definition) is 4. The second-order valence-electron chi connectivity index (χ2n) is 4.27. The van der Waals surface area contributed by atoms with Crippen LogP contribution in [0.2, 0.25) is 0 Å². The second kappa shape index (κ2) is 4.79. The van der Waals surface area contributed by atoms with Crippen LogP contribution in [-0.4, -0.2) is 28.6 Å². The van der Waals surface area contributed by atoms with Gasteiger partial charge in [-0.1, -0.05) is 0 Å². The highest BCUT2D eigenvalue weighted by atomic mass is 19.1. The first-order valence-corrected chi connectivity index (χ1v) is 5.52. The van der Waals surface area contributed by atoms with Crippen molar-refractivity contribution in [2.75, 3.05) is 11.4 Å². The Morgan fingerprint density at radius 3 is 2.32 bits per heavy atom. The summed E-state index contributed by atoms with van der Waals surface area (Å²) in [5.74, 6) is -3.47. The lowest BCUT2D eigenvalue weighted by molar-refractivity contribution is -0.385. The Balaban J connectivity index is 2.42. The molecule has 0 heterocycles. The van der Waals surface area contributed by atoms with E-state index in [0.717, 1.165) is 4.90 Å². The van der Waals surface area contributed by atoms with Crippen LogP contribution in [-0.2, 0) is 4.79 Å². The van der Waals surface area contributed by atoms with Crippen LogP contribution < -0.4 is 4.90 Å². The number of nitrogens with zero attached hydrogens (tertiary/aromatic N) is 2. The van der Waals surface area contributed by atoms with E-state index in [1.54, 1.807) is 0 Å². The van der Waals surface area contributed by atoms with E-state index < -0.39 is 40.4 Å². The van der Waals surface area contributed by atoms with Gasteiger partial charge in [-0.25, -0.2) is 8.78 Å². The number of hydrogen-bond donors (Lipinski definition) is 1. The van der Waals surface area contributed by atoms with Gasteiger partial charge < -0.3 is 10.0 Å². The SMILES string of the molecule is O=C(O)CN(c1c(F)cc([N+](=O)[O-])cc1F)C1CC1. The lowest BCUT2D eigenvalue weighted by atomic mass is 10.2. The molecule has 0 spiro atoms. The fourth-order valence-corrected chi connectivity index (χ4v) is 1.85. The van der Waals surface area contributed by atoms with Gasteiger partial charge in [0.15, 0.2) is 11.6 Å². The molecule has 0 aromatic heterocycles. The van der Waals surface area contributed by atoms with Crippen LogP contribution in [0.1, 0.15) is 12.8 Å². The number of halogens is 2. The fraction of sp³-hybridized carbons (Fsp3) is 0.364. The van der Waals surface area contributed by atoms with Crippen LogP contribution in [0.25, 0.3) is 0 Å². The molecule has 8 heteroatoms. The molecule has 19 heavy (non-hydrogen) atoms. The van der Waals surface area contributed by atoms with Crippen molar-refractivity contribution in [2.24, 2.45) is 0 Å². The molecule has 102 valence electrons. The normalized spacial score (nSPS) is 14.2. The minimum Gasteiger partial charge on any atom is -0.480 e. The van der Waals surface area contributed by atoms with Crippen molar-refractivity contribution in [2.45, 2.75) is 18.9 Å². The van der Waals surface area contributed by atoms with Crippen molar-refractivity contribution >= 4 is 17.3 Å². The monoisotopic (exact) mass is 272 g/mol. The fourth-order valence-electron chi connectivity index (χ4n) is 1.85. The van der Waals surface area contributed by atoms with Gasteiger partial charge in [-0.3, -0.25) is 14.9 Å². The van der Waals surface area contributed by atoms with Crippen LogP contribution in [0, 0.1) is 21.7 Å². The minimum atomic E-state index is -1.22. The van der Waals surface area contributed by atoms with E-state index in [0.29, 0.717) is 25.0 Å². The molecule has 2 rings (SSSR count). The average molecular weight is 272 g/mol. The summed E-state index contributed by atoms with van der Waals surface area (Å²) in [4.78, 5) is 21.4. The zero-order valence-corrected chi connectivity index (χ0v) is 9.68. The molecule has 0 unspecified atom stereocenters. The summed E-state index contributed by atoms with van der Waals surface area (Å²) in [7, 11) is 0. The van der Waals surface area contributed by atoms with Crippen LogP contribution >= 0.6 is 0 Å². The summed E-state index contributed by atoms with van der Waals surface area (Å²) in [6.07, 6.45) is 1.28. The van der Waals surface area contributed by atoms with Crippen LogP contribution in [0.15, 0.2) is 12.1 Å². The minimum absolute atomic E-state index is 0.235. The summed E-state index contributed by atoms with van der Waals surface area (Å²) in [5.41, 5.74) is -1.22. The molecule has 0 aliphatic heterocycles. The van der Waals surface area contributed by atoms with E-state index >= 15 is 0 Å². The summed E-state index contributed by atoms with van der Waals surface area (Å²) in [6.45, 7) is -0.545. The van der Waals surface area contributed by atoms with Crippen LogP contribution in [0.5, 0.6) is 0 Å². The van der Waals surface area contributed by atoms with Crippen molar-refractivity contribution < 1.29 is 23.6 Å². The van der Waals surface area contributed by atoms with E-state index in [-0.39, 0.29) is 6.04 Å². The van der Waals surface area contributed by atoms with Gasteiger partial charge in [0, 0.05) is 6.04 Å². The number of carboxylic acids is 1. The largest absolute Gasteiger partial charge is 0.480 e. The Kier molecular flexibility index (Phi) is 3.32. The molecule has 1 N–H and O–H groups in total. The maximum absolute atomic E-state index is 13.8. The zero-order chi connectivity index (χ0) is 14.2. The Bertz CT molecular complexity index is 522. The predicted octanol–water partition coefficient (Wildman–Crippen LogP) is 1.93. The van der Waals surface area contributed by atoms with Crippen molar-refractivity contribution in [1.82, 2.24) is 0 Å². The van der Waals surface area contributed by atoms with Gasteiger partial charge in [0.05, 0.1) is 17.1 Å². The first kappa shape index (κ1) is 13.2. The zero-order valence-electron chi connectivity index (χ0n) is 9.68. The second-order valence-corrected chi connectivity index (χ2v) is 4.27. The van der Waals surface area contributed by atoms with E-state index in [2.05, 4.69) is 0 Å². The summed E-state index contributed by atoms with van der Waals surface area (Å²) in [5, 5.41) is 19.2. The first-order chi connectivity index (χ1) is 8.90. The van der Waals surface area contributed by atoms with Crippen LogP contribution in [0.3, 0.4) is 0 Å². The number of nitro groups is 1. The topological polar surface area (TPSA) is 83.7 Å². The number of anilines is 1. The molecule has 1 aliphatic rings. The van der Waals surface area contributed by atoms with Gasteiger partial charge in [-0.15, -0.1) is 0 Å². The number of carbonyl (C=O) groups is 1. The Morgan fingerprint density at radius 2 is 1.95 bits per heavy atom. The number of benzene rings is 1. The smallest absolute Gasteiger partial charge is 0.323 e. The average Bonchev–Trinajstić information content (AvgIpc) is 3.09. The molecular formula is C11H10F2N2O4. The van der Waals surface area contributed by atoms with Gasteiger partial charge in [0.2, 0.25) is 0 Å². The highest BCUT2D eigenvalue weighted by molar-refractivity contribution is 5.74. The third-order valence-corrected chi connectivity index (χ3v) is 2.79. The number of nitro benzene ring substituents is 1. The van der Waals surface area contributed by atoms with Crippen LogP contribution in [0.4, 0.5) is 20.2 Å².